The van der Waals surface area contributed by atoms with Gasteiger partial charge in [0.1, 0.15) is 0 Å². The third-order valence-electron chi connectivity index (χ3n) is 1.12. The number of allylic oxidation sites excluding steroid dienone is 1. The van der Waals surface area contributed by atoms with Crippen molar-refractivity contribution in [3.63, 3.8) is 0 Å². The van der Waals surface area contributed by atoms with E-state index in [9.17, 15) is 0 Å². The lowest BCUT2D eigenvalue weighted by Gasteiger charge is -1.89. The van der Waals surface area contributed by atoms with Crippen LogP contribution in [-0.2, 0) is 0 Å². The summed E-state index contributed by atoms with van der Waals surface area (Å²) >= 11 is 0. The van der Waals surface area contributed by atoms with E-state index >= 15 is 0 Å². The van der Waals surface area contributed by atoms with E-state index in [1.54, 1.807) is 18.6 Å². The predicted molar refractivity (Wildman–Crippen MR) is 46.6 cm³/mol. The minimum atomic E-state index is 0.800. The second-order valence-electron chi connectivity index (χ2n) is 2.28. The molecule has 0 saturated carbocycles. The molecule has 0 aliphatic rings. The molecule has 0 unspecified atom stereocenters. The molecule has 1 heterocycles. The van der Waals surface area contributed by atoms with Crippen LogP contribution in [0.2, 0.25) is 0 Å². The van der Waals surface area contributed by atoms with Crippen molar-refractivity contribution in [3.05, 3.63) is 42.4 Å². The minimum Gasteiger partial charge on any atom is -0.264 e. The van der Waals surface area contributed by atoms with Crippen molar-refractivity contribution in [3.8, 4) is 0 Å². The van der Waals surface area contributed by atoms with Gasteiger partial charge >= 0.3 is 0 Å². The van der Waals surface area contributed by atoms with Gasteiger partial charge in [-0.3, -0.25) is 9.98 Å². The summed E-state index contributed by atoms with van der Waals surface area (Å²) in [5.74, 6) is 0. The second-order valence-corrected chi connectivity index (χ2v) is 2.28. The fourth-order valence-electron chi connectivity index (χ4n) is 0.637. The normalized spacial score (nSPS) is 10.3. The molecule has 0 amide bonds. The molecule has 2 nitrogen and oxygen atoms in total. The Kier molecular flexibility index (Phi) is 2.55. The molecule has 0 N–H and O–H groups in total. The van der Waals surface area contributed by atoms with Crippen LogP contribution in [0.3, 0.4) is 0 Å². The number of aromatic nitrogens is 1. The molecule has 1 aromatic rings. The lowest BCUT2D eigenvalue weighted by Crippen LogP contribution is -1.80. The zero-order valence-corrected chi connectivity index (χ0v) is 6.49. The molecule has 0 aromatic carbocycles. The molecular formula is C9H10N2. The monoisotopic (exact) mass is 146 g/mol. The molecule has 0 spiro atoms. The first-order chi connectivity index (χ1) is 5.29. The van der Waals surface area contributed by atoms with Crippen molar-refractivity contribution in [2.24, 2.45) is 4.99 Å². The first kappa shape index (κ1) is 7.66. The van der Waals surface area contributed by atoms with E-state index < -0.39 is 0 Å². The minimum absolute atomic E-state index is 0.800. The molecular weight excluding hydrogens is 136 g/mol. The number of hydrogen-bond acceptors (Lipinski definition) is 2. The quantitative estimate of drug-likeness (QED) is 0.586. The fourth-order valence-corrected chi connectivity index (χ4v) is 0.637. The highest BCUT2D eigenvalue weighted by molar-refractivity contribution is 5.79. The highest BCUT2D eigenvalue weighted by atomic mass is 14.7. The molecule has 0 aliphatic carbocycles. The molecule has 56 valence electrons. The third kappa shape index (κ3) is 2.76. The molecule has 2 heteroatoms. The van der Waals surface area contributed by atoms with Gasteiger partial charge in [-0.05, 0) is 13.0 Å². The van der Waals surface area contributed by atoms with Gasteiger partial charge in [0, 0.05) is 29.9 Å². The maximum absolute atomic E-state index is 4.04. The summed E-state index contributed by atoms with van der Waals surface area (Å²) in [6, 6.07) is 3.82. The lowest BCUT2D eigenvalue weighted by atomic mass is 10.3. The zero-order valence-electron chi connectivity index (χ0n) is 6.49. The Morgan fingerprint density at radius 1 is 1.73 bits per heavy atom. The van der Waals surface area contributed by atoms with Crippen molar-refractivity contribution in [2.75, 3.05) is 0 Å². The number of nitrogens with zero attached hydrogens (tertiary/aromatic N) is 2. The van der Waals surface area contributed by atoms with E-state index in [2.05, 4.69) is 16.6 Å². The van der Waals surface area contributed by atoms with Gasteiger partial charge in [0.15, 0.2) is 0 Å². The topological polar surface area (TPSA) is 25.2 Å². The van der Waals surface area contributed by atoms with E-state index in [1.165, 1.54) is 0 Å². The van der Waals surface area contributed by atoms with E-state index in [0.29, 0.717) is 0 Å². The molecule has 0 aliphatic heterocycles. The van der Waals surface area contributed by atoms with Gasteiger partial charge in [-0.25, -0.2) is 0 Å². The van der Waals surface area contributed by atoms with Gasteiger partial charge in [-0.2, -0.15) is 0 Å². The largest absolute Gasteiger partial charge is 0.264 e. The Morgan fingerprint density at radius 2 is 2.55 bits per heavy atom. The van der Waals surface area contributed by atoms with Crippen LogP contribution in [-0.4, -0.2) is 11.2 Å². The van der Waals surface area contributed by atoms with Crippen molar-refractivity contribution >= 4 is 6.21 Å². The van der Waals surface area contributed by atoms with E-state index in [0.717, 1.165) is 11.3 Å². The van der Waals surface area contributed by atoms with E-state index in [4.69, 9.17) is 0 Å². The summed E-state index contributed by atoms with van der Waals surface area (Å²) in [5, 5.41) is 0. The highest BCUT2D eigenvalue weighted by Gasteiger charge is 1.82. The van der Waals surface area contributed by atoms with Gasteiger partial charge in [0.2, 0.25) is 0 Å². The van der Waals surface area contributed by atoms with Gasteiger partial charge in [0.25, 0.3) is 0 Å². The number of rotatable bonds is 2. The Labute approximate surface area is 66.3 Å². The number of pyridine rings is 1. The van der Waals surface area contributed by atoms with Crippen LogP contribution in [0, 0.1) is 0 Å². The van der Waals surface area contributed by atoms with Crippen molar-refractivity contribution in [1.82, 2.24) is 4.98 Å². The van der Waals surface area contributed by atoms with Crippen LogP contribution in [0.5, 0.6) is 0 Å². The van der Waals surface area contributed by atoms with Crippen molar-refractivity contribution in [2.45, 2.75) is 6.92 Å². The summed E-state index contributed by atoms with van der Waals surface area (Å²) in [6.45, 7) is 5.51. The summed E-state index contributed by atoms with van der Waals surface area (Å²) in [5.41, 5.74) is 1.80. The van der Waals surface area contributed by atoms with Crippen LogP contribution < -0.4 is 0 Å². The van der Waals surface area contributed by atoms with Gasteiger partial charge in [-0.15, -0.1) is 0 Å². The molecule has 0 bridgehead atoms. The van der Waals surface area contributed by atoms with Crippen LogP contribution >= 0.6 is 0 Å². The number of aliphatic imine (C=N–C) groups is 1. The molecule has 1 rings (SSSR count). The standard InChI is InChI=1S/C9H10N2/c1-8(2)11-7-9-4-3-5-10-6-9/h3-7H,1H2,2H3. The maximum atomic E-state index is 4.04. The molecule has 11 heavy (non-hydrogen) atoms. The Hall–Kier alpha value is -1.44. The summed E-state index contributed by atoms with van der Waals surface area (Å²) in [7, 11) is 0. The van der Waals surface area contributed by atoms with Crippen LogP contribution in [0.4, 0.5) is 0 Å². The van der Waals surface area contributed by atoms with Crippen molar-refractivity contribution in [1.29, 1.82) is 0 Å². The Balaban J connectivity index is 2.72. The SMILES string of the molecule is C=C(C)N=Cc1cccnc1. The van der Waals surface area contributed by atoms with Gasteiger partial charge in [0.05, 0.1) is 0 Å². The third-order valence-corrected chi connectivity index (χ3v) is 1.12. The first-order valence-corrected chi connectivity index (χ1v) is 3.38. The molecule has 0 atom stereocenters. The molecule has 1 aromatic heterocycles. The summed E-state index contributed by atoms with van der Waals surface area (Å²) < 4.78 is 0. The van der Waals surface area contributed by atoms with Crippen molar-refractivity contribution < 1.29 is 0 Å². The average Bonchev–Trinajstić information content (AvgIpc) is 2.03. The Morgan fingerprint density at radius 3 is 3.09 bits per heavy atom. The fraction of sp³-hybridized carbons (Fsp3) is 0.111. The Bertz CT molecular complexity index is 262. The average molecular weight is 146 g/mol. The van der Waals surface area contributed by atoms with E-state index in [1.807, 2.05) is 19.1 Å². The molecule has 0 saturated heterocycles. The second kappa shape index (κ2) is 3.66. The summed E-state index contributed by atoms with van der Waals surface area (Å²) in [4.78, 5) is 7.98. The van der Waals surface area contributed by atoms with Crippen LogP contribution in [0.1, 0.15) is 12.5 Å². The lowest BCUT2D eigenvalue weighted by molar-refractivity contribution is 1.30. The summed E-state index contributed by atoms with van der Waals surface area (Å²) in [6.07, 6.45) is 5.24. The van der Waals surface area contributed by atoms with Crippen LogP contribution in [0.15, 0.2) is 41.8 Å². The van der Waals surface area contributed by atoms with Crippen LogP contribution in [0.25, 0.3) is 0 Å². The smallest absolute Gasteiger partial charge is 0.0358 e. The first-order valence-electron chi connectivity index (χ1n) is 3.38. The zero-order chi connectivity index (χ0) is 8.10. The van der Waals surface area contributed by atoms with E-state index in [-0.39, 0.29) is 0 Å². The molecule has 0 radical (unpaired) electrons. The predicted octanol–water partition coefficient (Wildman–Crippen LogP) is 2.03. The number of hydrogen-bond donors (Lipinski definition) is 0. The van der Waals surface area contributed by atoms with Gasteiger partial charge < -0.3 is 0 Å². The highest BCUT2D eigenvalue weighted by Crippen LogP contribution is 1.93. The van der Waals surface area contributed by atoms with Gasteiger partial charge in [-0.1, -0.05) is 12.6 Å². The molecule has 0 fully saturated rings. The maximum Gasteiger partial charge on any atom is 0.0358 e.